The first-order valence-electron chi connectivity index (χ1n) is 31.8. The molecule has 5 nitrogen and oxygen atoms in total. The van der Waals surface area contributed by atoms with Gasteiger partial charge in [-0.1, -0.05) is 297 Å². The second kappa shape index (κ2) is 64.1. The van der Waals surface area contributed by atoms with E-state index in [2.05, 4.69) is 111 Å². The van der Waals surface area contributed by atoms with Crippen LogP contribution in [0.3, 0.4) is 0 Å². The quantitative estimate of drug-likeness (QED) is 0.0373. The maximum atomic E-state index is 12.3. The van der Waals surface area contributed by atoms with Crippen LogP contribution in [-0.2, 0) is 19.1 Å². The number of hydrogen-bond donors (Lipinski definition) is 1. The average Bonchev–Trinajstić information content (AvgIpc) is 3.40. The van der Waals surface area contributed by atoms with Crippen molar-refractivity contribution in [3.05, 3.63) is 97.2 Å². The van der Waals surface area contributed by atoms with E-state index in [1.807, 2.05) is 0 Å². The van der Waals surface area contributed by atoms with E-state index in [-0.39, 0.29) is 25.2 Å². The smallest absolute Gasteiger partial charge is 0.306 e. The molecule has 1 atom stereocenters. The van der Waals surface area contributed by atoms with Gasteiger partial charge in [-0.15, -0.1) is 0 Å². The molecule has 0 aliphatic carbocycles. The molecule has 5 heteroatoms. The van der Waals surface area contributed by atoms with Crippen molar-refractivity contribution in [1.82, 2.24) is 0 Å². The zero-order valence-electron chi connectivity index (χ0n) is 48.8. The van der Waals surface area contributed by atoms with Gasteiger partial charge < -0.3 is 14.6 Å². The van der Waals surface area contributed by atoms with Gasteiger partial charge in [-0.25, -0.2) is 0 Å². The summed E-state index contributed by atoms with van der Waals surface area (Å²) < 4.78 is 10.7. The summed E-state index contributed by atoms with van der Waals surface area (Å²) in [4.78, 5) is 24.5. The van der Waals surface area contributed by atoms with Gasteiger partial charge in [-0.3, -0.25) is 9.59 Å². The molecule has 0 rings (SSSR count). The van der Waals surface area contributed by atoms with Crippen LogP contribution in [0.4, 0.5) is 0 Å². The summed E-state index contributed by atoms with van der Waals surface area (Å²) in [6.07, 6.45) is 91.4. The van der Waals surface area contributed by atoms with Crippen molar-refractivity contribution in [2.75, 3.05) is 13.2 Å². The van der Waals surface area contributed by atoms with Gasteiger partial charge in [0, 0.05) is 12.8 Å². The van der Waals surface area contributed by atoms with Crippen molar-refractivity contribution in [1.29, 1.82) is 0 Å². The average molecular weight is 1030 g/mol. The van der Waals surface area contributed by atoms with E-state index in [1.54, 1.807) is 0 Å². The van der Waals surface area contributed by atoms with E-state index in [0.717, 1.165) is 89.9 Å². The van der Waals surface area contributed by atoms with Gasteiger partial charge in [0.15, 0.2) is 6.10 Å². The molecule has 0 aromatic rings. The molecule has 0 aromatic carbocycles. The molecule has 0 aliphatic heterocycles. The zero-order valence-corrected chi connectivity index (χ0v) is 48.8. The van der Waals surface area contributed by atoms with Gasteiger partial charge >= 0.3 is 11.9 Å². The summed E-state index contributed by atoms with van der Waals surface area (Å²) in [6.45, 7) is 4.01. The Morgan fingerprint density at radius 1 is 0.324 bits per heavy atom. The van der Waals surface area contributed by atoms with Crippen LogP contribution in [0.25, 0.3) is 0 Å². The number of aliphatic hydroxyl groups is 1. The SMILES string of the molecule is CC/C=C\C/C=C\C/C=C\C/C=C\C/C=C\CCCCCC(=O)OC(CO)COC(=O)CCCCCCCCCCCCCCCCCCCCCCCCCCCC/C=C\C/C=C\C/C=C\CCCCCCC. The number of ether oxygens (including phenoxy) is 2. The third kappa shape index (κ3) is 61.4. The number of carbonyl (C=O) groups is 2. The van der Waals surface area contributed by atoms with Crippen LogP contribution in [0.1, 0.15) is 309 Å². The molecular formula is C69H120O5. The summed E-state index contributed by atoms with van der Waals surface area (Å²) in [5.74, 6) is -0.622. The number of aliphatic hydroxyl groups excluding tert-OH is 1. The lowest BCUT2D eigenvalue weighted by Gasteiger charge is -2.15. The van der Waals surface area contributed by atoms with Crippen LogP contribution in [0.2, 0.25) is 0 Å². The van der Waals surface area contributed by atoms with Crippen molar-refractivity contribution in [2.45, 2.75) is 315 Å². The lowest BCUT2D eigenvalue weighted by Crippen LogP contribution is -2.28. The monoisotopic (exact) mass is 1030 g/mol. The molecule has 0 spiro atoms. The van der Waals surface area contributed by atoms with Gasteiger partial charge in [-0.2, -0.15) is 0 Å². The van der Waals surface area contributed by atoms with Gasteiger partial charge in [0.1, 0.15) is 6.61 Å². The van der Waals surface area contributed by atoms with Gasteiger partial charge in [0.2, 0.25) is 0 Å². The summed E-state index contributed by atoms with van der Waals surface area (Å²) in [5, 5.41) is 9.65. The fourth-order valence-corrected chi connectivity index (χ4v) is 9.12. The first-order chi connectivity index (χ1) is 36.6. The standard InChI is InChI=1S/C69H120O5/c1-3-5-7-9-11-13-15-17-19-21-23-24-25-26-27-28-29-30-31-32-33-34-35-36-37-38-39-40-41-42-43-44-46-47-49-51-53-55-57-59-61-63-68(71)73-66-67(65-70)74-69(72)64-62-60-58-56-54-52-50-48-45-22-20-18-16-14-12-10-8-6-4-2/h6,8,12,14-15,17-18,20-21,23,25-26,45,48,52,54,67,70H,3-5,7,9-11,13,16,19,22,24,27-44,46-47,49-51,53,55-66H2,1-2H3/b8-6-,14-12-,17-15-,20-18-,23-21-,26-25-,48-45-,54-52-. The Labute approximate surface area is 459 Å². The number of rotatable bonds is 58. The van der Waals surface area contributed by atoms with Crippen LogP contribution in [0.15, 0.2) is 97.2 Å². The Morgan fingerprint density at radius 2 is 0.581 bits per heavy atom. The molecule has 0 bridgehead atoms. The van der Waals surface area contributed by atoms with E-state index >= 15 is 0 Å². The lowest BCUT2D eigenvalue weighted by atomic mass is 10.0. The molecule has 1 unspecified atom stereocenters. The van der Waals surface area contributed by atoms with E-state index in [0.29, 0.717) is 12.8 Å². The molecule has 0 radical (unpaired) electrons. The Kier molecular flexibility index (Phi) is 61.4. The van der Waals surface area contributed by atoms with Crippen molar-refractivity contribution < 1.29 is 24.2 Å². The minimum atomic E-state index is -0.794. The zero-order chi connectivity index (χ0) is 53.4. The largest absolute Gasteiger partial charge is 0.462 e. The Bertz CT molecular complexity index is 1400. The molecule has 426 valence electrons. The molecule has 0 aliphatic rings. The molecule has 0 heterocycles. The predicted molar refractivity (Wildman–Crippen MR) is 325 cm³/mol. The molecular weight excluding hydrogens is 909 g/mol. The highest BCUT2D eigenvalue weighted by molar-refractivity contribution is 5.70. The second-order valence-electron chi connectivity index (χ2n) is 21.1. The Morgan fingerprint density at radius 3 is 0.892 bits per heavy atom. The van der Waals surface area contributed by atoms with Crippen molar-refractivity contribution in [3.8, 4) is 0 Å². The van der Waals surface area contributed by atoms with Crippen LogP contribution in [0, 0.1) is 0 Å². The fraction of sp³-hybridized carbons (Fsp3) is 0.739. The maximum absolute atomic E-state index is 12.3. The van der Waals surface area contributed by atoms with E-state index in [9.17, 15) is 14.7 Å². The number of unbranched alkanes of at least 4 members (excludes halogenated alkanes) is 34. The summed E-state index contributed by atoms with van der Waals surface area (Å²) >= 11 is 0. The molecule has 0 aromatic heterocycles. The van der Waals surface area contributed by atoms with Crippen LogP contribution in [-0.4, -0.2) is 36.4 Å². The number of hydrogen-bond acceptors (Lipinski definition) is 5. The third-order valence-corrected chi connectivity index (χ3v) is 13.9. The van der Waals surface area contributed by atoms with E-state index in [1.165, 1.54) is 193 Å². The molecule has 74 heavy (non-hydrogen) atoms. The fourth-order valence-electron chi connectivity index (χ4n) is 9.12. The lowest BCUT2D eigenvalue weighted by molar-refractivity contribution is -0.161. The minimum Gasteiger partial charge on any atom is -0.462 e. The van der Waals surface area contributed by atoms with Crippen LogP contribution in [0.5, 0.6) is 0 Å². The topological polar surface area (TPSA) is 72.8 Å². The molecule has 0 amide bonds. The maximum Gasteiger partial charge on any atom is 0.306 e. The van der Waals surface area contributed by atoms with Crippen LogP contribution >= 0.6 is 0 Å². The van der Waals surface area contributed by atoms with Gasteiger partial charge in [-0.05, 0) is 96.3 Å². The van der Waals surface area contributed by atoms with Crippen molar-refractivity contribution >= 4 is 11.9 Å². The highest BCUT2D eigenvalue weighted by Gasteiger charge is 2.16. The first kappa shape index (κ1) is 70.8. The van der Waals surface area contributed by atoms with E-state index in [4.69, 9.17) is 9.47 Å². The highest BCUT2D eigenvalue weighted by atomic mass is 16.6. The second-order valence-corrected chi connectivity index (χ2v) is 21.1. The summed E-state index contributed by atoms with van der Waals surface area (Å²) in [7, 11) is 0. The van der Waals surface area contributed by atoms with Gasteiger partial charge in [0.25, 0.3) is 0 Å². The Balaban J connectivity index is 3.43. The molecule has 0 saturated carbocycles. The van der Waals surface area contributed by atoms with E-state index < -0.39 is 6.10 Å². The molecule has 1 N–H and O–H groups in total. The Hall–Kier alpha value is -3.18. The van der Waals surface area contributed by atoms with Crippen molar-refractivity contribution in [2.24, 2.45) is 0 Å². The third-order valence-electron chi connectivity index (χ3n) is 13.9. The van der Waals surface area contributed by atoms with Crippen LogP contribution < -0.4 is 0 Å². The summed E-state index contributed by atoms with van der Waals surface area (Å²) in [5.41, 5.74) is 0. The molecule has 0 saturated heterocycles. The summed E-state index contributed by atoms with van der Waals surface area (Å²) in [6, 6.07) is 0. The molecule has 0 fully saturated rings. The number of carbonyl (C=O) groups excluding carboxylic acids is 2. The van der Waals surface area contributed by atoms with Crippen molar-refractivity contribution in [3.63, 3.8) is 0 Å². The normalized spacial score (nSPS) is 12.9. The predicted octanol–water partition coefficient (Wildman–Crippen LogP) is 21.9. The first-order valence-corrected chi connectivity index (χ1v) is 31.8. The van der Waals surface area contributed by atoms with Gasteiger partial charge in [0.05, 0.1) is 6.61 Å². The minimum absolute atomic E-state index is 0.0809. The number of allylic oxidation sites excluding steroid dienone is 16. The number of esters is 2. The highest BCUT2D eigenvalue weighted by Crippen LogP contribution is 2.17.